The van der Waals surface area contributed by atoms with Crippen LogP contribution in [0.3, 0.4) is 0 Å². The van der Waals surface area contributed by atoms with Crippen LogP contribution < -0.4 is 5.32 Å². The van der Waals surface area contributed by atoms with Crippen LogP contribution in [-0.4, -0.2) is 26.6 Å². The van der Waals surface area contributed by atoms with E-state index in [0.29, 0.717) is 0 Å². The Morgan fingerprint density at radius 2 is 1.65 bits per heavy atom. The molecule has 2 rings (SSSR count). The van der Waals surface area contributed by atoms with Crippen LogP contribution in [0, 0.1) is 0 Å². The molecular formula is C18H21NO3S. The van der Waals surface area contributed by atoms with Gasteiger partial charge in [-0.05, 0) is 37.5 Å². The number of hydrogen-bond acceptors (Lipinski definition) is 3. The van der Waals surface area contributed by atoms with E-state index >= 15 is 0 Å². The van der Waals surface area contributed by atoms with E-state index in [2.05, 4.69) is 5.32 Å². The molecule has 5 heteroatoms. The van der Waals surface area contributed by atoms with Gasteiger partial charge in [0.15, 0.2) is 9.84 Å². The summed E-state index contributed by atoms with van der Waals surface area (Å²) in [6.45, 7) is 1.92. The molecule has 0 saturated heterocycles. The third-order valence-electron chi connectivity index (χ3n) is 3.62. The first-order valence-electron chi connectivity index (χ1n) is 7.52. The van der Waals surface area contributed by atoms with Crippen molar-refractivity contribution in [1.29, 1.82) is 0 Å². The molecule has 0 aliphatic carbocycles. The van der Waals surface area contributed by atoms with Gasteiger partial charge in [0.05, 0.1) is 10.5 Å². The van der Waals surface area contributed by atoms with E-state index < -0.39 is 9.84 Å². The van der Waals surface area contributed by atoms with Gasteiger partial charge in [-0.25, -0.2) is 8.42 Å². The van der Waals surface area contributed by atoms with Crippen LogP contribution in [-0.2, 0) is 16.3 Å². The first-order valence-corrected chi connectivity index (χ1v) is 9.41. The summed E-state index contributed by atoms with van der Waals surface area (Å²) in [6, 6.07) is 16.3. The number of sulfone groups is 1. The number of carbonyl (C=O) groups excluding carboxylic acids is 1. The lowest BCUT2D eigenvalue weighted by Crippen LogP contribution is -2.33. The first kappa shape index (κ1) is 17.2. The second kappa shape index (κ2) is 7.42. The second-order valence-electron chi connectivity index (χ2n) is 5.67. The van der Waals surface area contributed by atoms with Crippen molar-refractivity contribution in [3.63, 3.8) is 0 Å². The van der Waals surface area contributed by atoms with Gasteiger partial charge in [-0.1, -0.05) is 42.5 Å². The molecule has 23 heavy (non-hydrogen) atoms. The highest BCUT2D eigenvalue weighted by Crippen LogP contribution is 2.15. The Bertz CT molecular complexity index is 770. The average Bonchev–Trinajstić information content (AvgIpc) is 2.53. The minimum absolute atomic E-state index is 0.0460. The Kier molecular flexibility index (Phi) is 5.55. The van der Waals surface area contributed by atoms with Gasteiger partial charge in [-0.2, -0.15) is 0 Å². The van der Waals surface area contributed by atoms with Gasteiger partial charge in [0.25, 0.3) is 5.91 Å². The molecular weight excluding hydrogens is 310 g/mol. The van der Waals surface area contributed by atoms with E-state index in [1.807, 2.05) is 37.3 Å². The number of carbonyl (C=O) groups is 1. The average molecular weight is 331 g/mol. The molecule has 2 aromatic rings. The highest BCUT2D eigenvalue weighted by Gasteiger charge is 2.19. The van der Waals surface area contributed by atoms with E-state index in [9.17, 15) is 13.2 Å². The van der Waals surface area contributed by atoms with Crippen molar-refractivity contribution in [1.82, 2.24) is 5.32 Å². The standard InChI is InChI=1S/C18H21NO3S/c1-14(12-13-15-8-4-3-5-9-15)19-18(20)16-10-6-7-11-17(16)23(2,21)22/h3-11,14H,12-13H2,1-2H3,(H,19,20)/t14-/m1/s1. The summed E-state index contributed by atoms with van der Waals surface area (Å²) in [4.78, 5) is 12.4. The molecule has 0 heterocycles. The van der Waals surface area contributed by atoms with Crippen molar-refractivity contribution >= 4 is 15.7 Å². The second-order valence-corrected chi connectivity index (χ2v) is 7.65. The highest BCUT2D eigenvalue weighted by molar-refractivity contribution is 7.90. The fourth-order valence-electron chi connectivity index (χ4n) is 2.38. The number of hydrogen-bond donors (Lipinski definition) is 1. The molecule has 0 fully saturated rings. The number of amides is 1. The van der Waals surface area contributed by atoms with Crippen LogP contribution >= 0.6 is 0 Å². The molecule has 0 aliphatic rings. The Morgan fingerprint density at radius 1 is 1.04 bits per heavy atom. The molecule has 0 radical (unpaired) electrons. The molecule has 0 spiro atoms. The molecule has 0 aliphatic heterocycles. The fraction of sp³-hybridized carbons (Fsp3) is 0.278. The van der Waals surface area contributed by atoms with Gasteiger partial charge in [0.1, 0.15) is 0 Å². The molecule has 0 saturated carbocycles. The van der Waals surface area contributed by atoms with Crippen molar-refractivity contribution in [3.05, 3.63) is 65.7 Å². The maximum absolute atomic E-state index is 12.4. The predicted octanol–water partition coefficient (Wildman–Crippen LogP) is 2.84. The normalized spacial score (nSPS) is 12.6. The topological polar surface area (TPSA) is 63.2 Å². The summed E-state index contributed by atoms with van der Waals surface area (Å²) in [7, 11) is -3.43. The molecule has 1 N–H and O–H groups in total. The van der Waals surface area contributed by atoms with Crippen LogP contribution in [0.5, 0.6) is 0 Å². The van der Waals surface area contributed by atoms with Crippen molar-refractivity contribution in [2.75, 3.05) is 6.26 Å². The van der Waals surface area contributed by atoms with Gasteiger partial charge < -0.3 is 5.32 Å². The Labute approximate surface area is 137 Å². The van der Waals surface area contributed by atoms with Crippen molar-refractivity contribution in [2.24, 2.45) is 0 Å². The Hall–Kier alpha value is -2.14. The maximum Gasteiger partial charge on any atom is 0.252 e. The zero-order chi connectivity index (χ0) is 16.9. The maximum atomic E-state index is 12.4. The largest absolute Gasteiger partial charge is 0.350 e. The number of rotatable bonds is 6. The molecule has 1 amide bonds. The SMILES string of the molecule is C[C@H](CCc1ccccc1)NC(=O)c1ccccc1S(C)(=O)=O. The summed E-state index contributed by atoms with van der Waals surface area (Å²) in [5.74, 6) is -0.355. The fourth-order valence-corrected chi connectivity index (χ4v) is 3.27. The smallest absolute Gasteiger partial charge is 0.252 e. The molecule has 1 atom stereocenters. The minimum Gasteiger partial charge on any atom is -0.350 e. The summed E-state index contributed by atoms with van der Waals surface area (Å²) in [6.07, 6.45) is 2.75. The number of nitrogens with one attached hydrogen (secondary N) is 1. The van der Waals surface area contributed by atoms with Gasteiger partial charge in [-0.3, -0.25) is 4.79 Å². The third kappa shape index (κ3) is 4.93. The zero-order valence-corrected chi connectivity index (χ0v) is 14.1. The number of benzene rings is 2. The summed E-state index contributed by atoms with van der Waals surface area (Å²) in [5.41, 5.74) is 1.41. The highest BCUT2D eigenvalue weighted by atomic mass is 32.2. The molecule has 2 aromatic carbocycles. The first-order chi connectivity index (χ1) is 10.9. The van der Waals surface area contributed by atoms with Gasteiger partial charge >= 0.3 is 0 Å². The van der Waals surface area contributed by atoms with Crippen LogP contribution in [0.15, 0.2) is 59.5 Å². The van der Waals surface area contributed by atoms with Crippen molar-refractivity contribution < 1.29 is 13.2 Å². The lowest BCUT2D eigenvalue weighted by Gasteiger charge is -2.15. The van der Waals surface area contributed by atoms with Crippen LogP contribution in [0.25, 0.3) is 0 Å². The molecule has 0 aromatic heterocycles. The quantitative estimate of drug-likeness (QED) is 0.885. The van der Waals surface area contributed by atoms with Gasteiger partial charge in [0.2, 0.25) is 0 Å². The predicted molar refractivity (Wildman–Crippen MR) is 91.2 cm³/mol. The summed E-state index contributed by atoms with van der Waals surface area (Å²) in [5, 5.41) is 2.88. The van der Waals surface area contributed by atoms with Crippen molar-refractivity contribution in [3.8, 4) is 0 Å². The zero-order valence-electron chi connectivity index (χ0n) is 13.3. The van der Waals surface area contributed by atoms with Gasteiger partial charge in [0, 0.05) is 12.3 Å². The van der Waals surface area contributed by atoms with E-state index in [-0.39, 0.29) is 22.4 Å². The van der Waals surface area contributed by atoms with Crippen LogP contribution in [0.1, 0.15) is 29.3 Å². The third-order valence-corrected chi connectivity index (χ3v) is 4.77. The minimum atomic E-state index is -3.43. The van der Waals surface area contributed by atoms with Crippen molar-refractivity contribution in [2.45, 2.75) is 30.7 Å². The molecule has 0 bridgehead atoms. The van der Waals surface area contributed by atoms with E-state index in [1.165, 1.54) is 17.7 Å². The Morgan fingerprint density at radius 3 is 2.30 bits per heavy atom. The summed E-state index contributed by atoms with van der Waals surface area (Å²) >= 11 is 0. The Balaban J connectivity index is 2.02. The van der Waals surface area contributed by atoms with Crippen LogP contribution in [0.4, 0.5) is 0 Å². The van der Waals surface area contributed by atoms with E-state index in [0.717, 1.165) is 19.1 Å². The van der Waals surface area contributed by atoms with Crippen LogP contribution in [0.2, 0.25) is 0 Å². The number of aryl methyl sites for hydroxylation is 1. The molecule has 4 nitrogen and oxygen atoms in total. The monoisotopic (exact) mass is 331 g/mol. The van der Waals surface area contributed by atoms with E-state index in [1.54, 1.807) is 12.1 Å². The molecule has 0 unspecified atom stereocenters. The van der Waals surface area contributed by atoms with Gasteiger partial charge in [-0.15, -0.1) is 0 Å². The molecule has 122 valence electrons. The lowest BCUT2D eigenvalue weighted by molar-refractivity contribution is 0.0935. The lowest BCUT2D eigenvalue weighted by atomic mass is 10.1. The van der Waals surface area contributed by atoms with E-state index in [4.69, 9.17) is 0 Å². The summed E-state index contributed by atoms with van der Waals surface area (Å²) < 4.78 is 23.5.